The number of amides is 1. The molecular formula is C33H27F3N2O3. The van der Waals surface area contributed by atoms with E-state index in [0.717, 1.165) is 45.4 Å². The monoisotopic (exact) mass is 556 g/mol. The lowest BCUT2D eigenvalue weighted by atomic mass is 10.0. The molecule has 0 aliphatic rings. The highest BCUT2D eigenvalue weighted by atomic mass is 19.2. The summed E-state index contributed by atoms with van der Waals surface area (Å²) in [7, 11) is 0. The molecule has 1 amide bonds. The van der Waals surface area contributed by atoms with E-state index in [2.05, 4.69) is 46.3 Å². The Hall–Kier alpha value is -4.94. The van der Waals surface area contributed by atoms with E-state index in [1.54, 1.807) is 12.1 Å². The van der Waals surface area contributed by atoms with Crippen LogP contribution in [0.2, 0.25) is 0 Å². The zero-order valence-electron chi connectivity index (χ0n) is 22.7. The third-order valence-corrected chi connectivity index (χ3v) is 7.16. The van der Waals surface area contributed by atoms with Crippen molar-refractivity contribution in [3.63, 3.8) is 0 Å². The van der Waals surface area contributed by atoms with Crippen LogP contribution in [-0.2, 0) is 16.1 Å². The van der Waals surface area contributed by atoms with E-state index in [1.807, 2.05) is 38.1 Å². The summed E-state index contributed by atoms with van der Waals surface area (Å²) in [4.78, 5) is 29.2. The molecule has 0 aliphatic heterocycles. The van der Waals surface area contributed by atoms with Crippen LogP contribution in [0.25, 0.3) is 22.0 Å². The van der Waals surface area contributed by atoms with Gasteiger partial charge in [0.2, 0.25) is 0 Å². The van der Waals surface area contributed by atoms with Crippen molar-refractivity contribution >= 4 is 23.0 Å². The predicted octanol–water partition coefficient (Wildman–Crippen LogP) is 7.30. The molecule has 0 radical (unpaired) electrons. The average molecular weight is 557 g/mol. The SMILES string of the molecule is Cc1c(C)n(Cc2ccc(-c3ccccc3)cc2)c2ccc(C(=O)N[C@@H](C)c3c(F)ccc(F)c3F)cc12.O=C=O. The molecule has 208 valence electrons. The van der Waals surface area contributed by atoms with Crippen molar-refractivity contribution in [1.82, 2.24) is 9.88 Å². The van der Waals surface area contributed by atoms with Crippen molar-refractivity contribution in [1.29, 1.82) is 0 Å². The van der Waals surface area contributed by atoms with Gasteiger partial charge < -0.3 is 9.88 Å². The molecule has 0 unspecified atom stereocenters. The summed E-state index contributed by atoms with van der Waals surface area (Å²) in [5.41, 5.74) is 6.44. The van der Waals surface area contributed by atoms with E-state index >= 15 is 0 Å². The second-order valence-corrected chi connectivity index (χ2v) is 9.63. The van der Waals surface area contributed by atoms with Gasteiger partial charge in [0.15, 0.2) is 11.6 Å². The number of hydrogen-bond acceptors (Lipinski definition) is 3. The second-order valence-electron chi connectivity index (χ2n) is 9.63. The van der Waals surface area contributed by atoms with Gasteiger partial charge >= 0.3 is 6.15 Å². The molecule has 0 bridgehead atoms. The molecule has 1 N–H and O–H groups in total. The molecule has 0 aliphatic carbocycles. The second kappa shape index (κ2) is 12.5. The van der Waals surface area contributed by atoms with Crippen LogP contribution in [0.5, 0.6) is 0 Å². The summed E-state index contributed by atoms with van der Waals surface area (Å²) in [5.74, 6) is -3.86. The van der Waals surface area contributed by atoms with E-state index < -0.39 is 35.0 Å². The lowest BCUT2D eigenvalue weighted by Gasteiger charge is -2.16. The summed E-state index contributed by atoms with van der Waals surface area (Å²) >= 11 is 0. The smallest absolute Gasteiger partial charge is 0.345 e. The summed E-state index contributed by atoms with van der Waals surface area (Å²) < 4.78 is 44.2. The molecular weight excluding hydrogens is 529 g/mol. The van der Waals surface area contributed by atoms with Gasteiger partial charge in [-0.2, -0.15) is 9.59 Å². The topological polar surface area (TPSA) is 68.2 Å². The van der Waals surface area contributed by atoms with Gasteiger partial charge in [-0.15, -0.1) is 0 Å². The fourth-order valence-electron chi connectivity index (χ4n) is 4.90. The Morgan fingerprint density at radius 3 is 2.12 bits per heavy atom. The minimum Gasteiger partial charge on any atom is -0.345 e. The maximum Gasteiger partial charge on any atom is 0.373 e. The summed E-state index contributed by atoms with van der Waals surface area (Å²) in [6, 6.07) is 24.6. The van der Waals surface area contributed by atoms with Gasteiger partial charge in [0.25, 0.3) is 5.91 Å². The Balaban J connectivity index is 0.00000124. The quantitative estimate of drug-likeness (QED) is 0.223. The van der Waals surface area contributed by atoms with Crippen LogP contribution in [0.4, 0.5) is 13.2 Å². The van der Waals surface area contributed by atoms with Gasteiger partial charge in [-0.1, -0.05) is 54.6 Å². The van der Waals surface area contributed by atoms with E-state index in [0.29, 0.717) is 12.1 Å². The van der Waals surface area contributed by atoms with Crippen molar-refractivity contribution in [3.8, 4) is 11.1 Å². The Labute approximate surface area is 235 Å². The number of aryl methyl sites for hydroxylation is 1. The van der Waals surface area contributed by atoms with E-state index in [1.165, 1.54) is 12.5 Å². The largest absolute Gasteiger partial charge is 0.373 e. The van der Waals surface area contributed by atoms with Crippen LogP contribution in [-0.4, -0.2) is 16.6 Å². The van der Waals surface area contributed by atoms with Gasteiger partial charge in [0.05, 0.1) is 6.04 Å². The maximum atomic E-state index is 14.2. The number of aromatic nitrogens is 1. The van der Waals surface area contributed by atoms with E-state index in [-0.39, 0.29) is 6.15 Å². The molecule has 0 fully saturated rings. The Morgan fingerprint density at radius 2 is 1.46 bits per heavy atom. The van der Waals surface area contributed by atoms with Crippen molar-refractivity contribution in [2.75, 3.05) is 0 Å². The zero-order chi connectivity index (χ0) is 29.7. The maximum absolute atomic E-state index is 14.2. The summed E-state index contributed by atoms with van der Waals surface area (Å²) in [5, 5.41) is 3.52. The van der Waals surface area contributed by atoms with E-state index in [9.17, 15) is 18.0 Å². The molecule has 1 heterocycles. The van der Waals surface area contributed by atoms with E-state index in [4.69, 9.17) is 9.59 Å². The van der Waals surface area contributed by atoms with Crippen molar-refractivity contribution in [2.24, 2.45) is 0 Å². The Morgan fingerprint density at radius 1 is 0.854 bits per heavy atom. The molecule has 5 nitrogen and oxygen atoms in total. The predicted molar refractivity (Wildman–Crippen MR) is 150 cm³/mol. The average Bonchev–Trinajstić information content (AvgIpc) is 3.20. The molecule has 1 aromatic heterocycles. The number of hydrogen-bond donors (Lipinski definition) is 1. The van der Waals surface area contributed by atoms with Crippen molar-refractivity contribution in [2.45, 2.75) is 33.4 Å². The van der Waals surface area contributed by atoms with Crippen LogP contribution in [0.1, 0.15) is 45.7 Å². The number of nitrogens with one attached hydrogen (secondary N) is 1. The highest BCUT2D eigenvalue weighted by Gasteiger charge is 2.22. The number of carbonyl (C=O) groups excluding carboxylic acids is 3. The third-order valence-electron chi connectivity index (χ3n) is 7.16. The number of carbonyl (C=O) groups is 1. The van der Waals surface area contributed by atoms with Crippen molar-refractivity contribution in [3.05, 3.63) is 130 Å². The van der Waals surface area contributed by atoms with Crippen LogP contribution >= 0.6 is 0 Å². The van der Waals surface area contributed by atoms with Gasteiger partial charge in [0, 0.05) is 34.3 Å². The first-order valence-corrected chi connectivity index (χ1v) is 12.8. The highest BCUT2D eigenvalue weighted by Crippen LogP contribution is 2.29. The molecule has 0 saturated carbocycles. The number of halogens is 3. The van der Waals surface area contributed by atoms with Crippen LogP contribution in [0.3, 0.4) is 0 Å². The molecule has 0 spiro atoms. The van der Waals surface area contributed by atoms with Crippen molar-refractivity contribution < 1.29 is 27.6 Å². The van der Waals surface area contributed by atoms with Crippen LogP contribution in [0.15, 0.2) is 84.9 Å². The number of nitrogens with zero attached hydrogens (tertiary/aromatic N) is 1. The van der Waals surface area contributed by atoms with Gasteiger partial charge in [-0.25, -0.2) is 13.2 Å². The fourth-order valence-corrected chi connectivity index (χ4v) is 4.90. The minimum atomic E-state index is -1.30. The van der Waals surface area contributed by atoms with Crippen LogP contribution < -0.4 is 5.32 Å². The number of rotatable bonds is 6. The minimum absolute atomic E-state index is 0.250. The molecule has 0 saturated heterocycles. The molecule has 5 aromatic rings. The molecule has 41 heavy (non-hydrogen) atoms. The van der Waals surface area contributed by atoms with Gasteiger partial charge in [-0.05, 0) is 73.4 Å². The standard InChI is InChI=1S/C32H27F3N2O.CO2/c1-19-21(3)37(18-22-9-11-24(12-10-22)23-7-5-4-6-8-23)29-16-13-25(17-26(19)29)32(38)36-20(2)30-27(33)14-15-28(34)31(30)35;2-1-3/h4-17,20H,18H2,1-3H3,(H,36,38);/t20-;/m0./s1. The summed E-state index contributed by atoms with van der Waals surface area (Å²) in [6.45, 7) is 6.15. The number of fused-ring (bicyclic) bond motifs is 1. The lowest BCUT2D eigenvalue weighted by Crippen LogP contribution is -2.28. The highest BCUT2D eigenvalue weighted by molar-refractivity contribution is 5.99. The Bertz CT molecular complexity index is 1740. The first kappa shape index (κ1) is 29.1. The van der Waals surface area contributed by atoms with Crippen LogP contribution in [0, 0.1) is 31.3 Å². The molecule has 4 aromatic carbocycles. The normalized spacial score (nSPS) is 11.4. The first-order chi connectivity index (χ1) is 19.7. The summed E-state index contributed by atoms with van der Waals surface area (Å²) in [6.07, 6.45) is 0.250. The Kier molecular flexibility index (Phi) is 8.85. The molecule has 8 heteroatoms. The van der Waals surface area contributed by atoms with Gasteiger partial charge in [-0.3, -0.25) is 4.79 Å². The third kappa shape index (κ3) is 6.13. The van der Waals surface area contributed by atoms with Gasteiger partial charge in [0.1, 0.15) is 5.82 Å². The first-order valence-electron chi connectivity index (χ1n) is 12.8. The fraction of sp³-hybridized carbons (Fsp3) is 0.152. The lowest BCUT2D eigenvalue weighted by molar-refractivity contribution is -0.191. The molecule has 1 atom stereocenters. The molecule has 5 rings (SSSR count). The zero-order valence-corrected chi connectivity index (χ0v) is 22.7. The number of benzene rings is 4.